The normalized spacial score (nSPS) is 21.6. The molecular weight excluding hydrogens is 206 g/mol. The van der Waals surface area contributed by atoms with Gasteiger partial charge in [-0.2, -0.15) is 0 Å². The second-order valence-corrected chi connectivity index (χ2v) is 3.94. The van der Waals surface area contributed by atoms with Crippen molar-refractivity contribution in [2.75, 3.05) is 33.4 Å². The van der Waals surface area contributed by atoms with Gasteiger partial charge < -0.3 is 14.4 Å². The van der Waals surface area contributed by atoms with E-state index in [9.17, 15) is 4.79 Å². The van der Waals surface area contributed by atoms with Gasteiger partial charge in [-0.15, -0.1) is 0 Å². The second kappa shape index (κ2) is 7.41. The van der Waals surface area contributed by atoms with Gasteiger partial charge in [-0.1, -0.05) is 12.2 Å². The van der Waals surface area contributed by atoms with Gasteiger partial charge in [0.15, 0.2) is 0 Å². The number of likely N-dealkylation sites (tertiary alicyclic amines) is 1. The highest BCUT2D eigenvalue weighted by molar-refractivity contribution is 5.77. The average Bonchev–Trinajstić information content (AvgIpc) is 2.30. The van der Waals surface area contributed by atoms with Gasteiger partial charge >= 0.3 is 0 Å². The molecule has 1 fully saturated rings. The standard InChI is InChI=1S/C12H21NO3/c1-3-4-8-16-11-6-5-7-13(9-11)12(14)10-15-2/h3-4,11H,5-10H2,1-2H3/b4-3-. The van der Waals surface area contributed by atoms with Crippen LogP contribution in [0.4, 0.5) is 0 Å². The molecule has 0 saturated carbocycles. The Hall–Kier alpha value is -0.870. The minimum Gasteiger partial charge on any atom is -0.375 e. The molecule has 16 heavy (non-hydrogen) atoms. The van der Waals surface area contributed by atoms with Gasteiger partial charge in [0.05, 0.1) is 12.7 Å². The van der Waals surface area contributed by atoms with Crippen molar-refractivity contribution < 1.29 is 14.3 Å². The number of hydrogen-bond donors (Lipinski definition) is 0. The Morgan fingerprint density at radius 1 is 1.56 bits per heavy atom. The van der Waals surface area contributed by atoms with Crippen LogP contribution < -0.4 is 0 Å². The largest absolute Gasteiger partial charge is 0.375 e. The number of nitrogens with zero attached hydrogens (tertiary/aromatic N) is 1. The minimum atomic E-state index is 0.0573. The number of carbonyl (C=O) groups is 1. The van der Waals surface area contributed by atoms with Crippen LogP contribution in [0.5, 0.6) is 0 Å². The van der Waals surface area contributed by atoms with Crippen LogP contribution in [0.1, 0.15) is 19.8 Å². The molecule has 4 nitrogen and oxygen atoms in total. The molecule has 1 atom stereocenters. The minimum absolute atomic E-state index is 0.0573. The lowest BCUT2D eigenvalue weighted by Crippen LogP contribution is -2.44. The van der Waals surface area contributed by atoms with Crippen molar-refractivity contribution in [3.05, 3.63) is 12.2 Å². The zero-order chi connectivity index (χ0) is 11.8. The van der Waals surface area contributed by atoms with Gasteiger partial charge in [-0.05, 0) is 19.8 Å². The molecule has 0 aromatic heterocycles. The van der Waals surface area contributed by atoms with Gasteiger partial charge in [0.1, 0.15) is 6.61 Å². The first-order chi connectivity index (χ1) is 7.77. The van der Waals surface area contributed by atoms with Gasteiger partial charge in [-0.3, -0.25) is 4.79 Å². The molecule has 0 aliphatic carbocycles. The van der Waals surface area contributed by atoms with Gasteiger partial charge in [0, 0.05) is 20.2 Å². The number of hydrogen-bond acceptors (Lipinski definition) is 3. The van der Waals surface area contributed by atoms with E-state index in [2.05, 4.69) is 0 Å². The molecule has 4 heteroatoms. The number of amides is 1. The molecule has 0 aromatic rings. The molecule has 92 valence electrons. The van der Waals surface area contributed by atoms with E-state index in [1.54, 1.807) is 7.11 Å². The van der Waals surface area contributed by atoms with Crippen molar-refractivity contribution in [1.29, 1.82) is 0 Å². The fourth-order valence-corrected chi connectivity index (χ4v) is 1.80. The van der Waals surface area contributed by atoms with Crippen LogP contribution in [0.3, 0.4) is 0 Å². The van der Waals surface area contributed by atoms with E-state index in [0.717, 1.165) is 19.4 Å². The van der Waals surface area contributed by atoms with E-state index in [0.29, 0.717) is 13.2 Å². The Kier molecular flexibility index (Phi) is 6.11. The summed E-state index contributed by atoms with van der Waals surface area (Å²) in [4.78, 5) is 13.4. The lowest BCUT2D eigenvalue weighted by atomic mass is 10.1. The van der Waals surface area contributed by atoms with E-state index in [-0.39, 0.29) is 18.6 Å². The Morgan fingerprint density at radius 3 is 3.06 bits per heavy atom. The highest BCUT2D eigenvalue weighted by atomic mass is 16.5. The first-order valence-corrected chi connectivity index (χ1v) is 5.77. The lowest BCUT2D eigenvalue weighted by Gasteiger charge is -2.32. The molecular formula is C12H21NO3. The zero-order valence-electron chi connectivity index (χ0n) is 10.1. The number of methoxy groups -OCH3 is 1. The van der Waals surface area contributed by atoms with E-state index in [1.807, 2.05) is 24.0 Å². The number of allylic oxidation sites excluding steroid dienone is 1. The molecule has 0 radical (unpaired) electrons. The Labute approximate surface area is 97.2 Å². The third-order valence-corrected chi connectivity index (χ3v) is 2.66. The quantitative estimate of drug-likeness (QED) is 0.663. The highest BCUT2D eigenvalue weighted by Crippen LogP contribution is 2.13. The molecule has 1 aliphatic rings. The predicted octanol–water partition coefficient (Wildman–Crippen LogP) is 1.22. The molecule has 1 unspecified atom stereocenters. The molecule has 1 amide bonds. The van der Waals surface area contributed by atoms with Crippen LogP contribution in [0.25, 0.3) is 0 Å². The van der Waals surface area contributed by atoms with E-state index in [4.69, 9.17) is 9.47 Å². The first kappa shape index (κ1) is 13.2. The third-order valence-electron chi connectivity index (χ3n) is 2.66. The highest BCUT2D eigenvalue weighted by Gasteiger charge is 2.23. The van der Waals surface area contributed by atoms with Crippen molar-refractivity contribution in [1.82, 2.24) is 4.90 Å². The van der Waals surface area contributed by atoms with E-state index in [1.165, 1.54) is 0 Å². The van der Waals surface area contributed by atoms with Crippen LogP contribution in [0.15, 0.2) is 12.2 Å². The Morgan fingerprint density at radius 2 is 2.38 bits per heavy atom. The maximum atomic E-state index is 11.6. The maximum absolute atomic E-state index is 11.6. The number of ether oxygens (including phenoxy) is 2. The topological polar surface area (TPSA) is 38.8 Å². The van der Waals surface area contributed by atoms with Crippen LogP contribution in [-0.4, -0.2) is 50.3 Å². The van der Waals surface area contributed by atoms with Crippen molar-refractivity contribution in [3.63, 3.8) is 0 Å². The molecule has 1 rings (SSSR count). The monoisotopic (exact) mass is 227 g/mol. The van der Waals surface area contributed by atoms with Crippen molar-refractivity contribution in [3.8, 4) is 0 Å². The first-order valence-electron chi connectivity index (χ1n) is 5.77. The summed E-state index contributed by atoms with van der Waals surface area (Å²) in [6, 6.07) is 0. The number of carbonyl (C=O) groups excluding carboxylic acids is 1. The molecule has 0 bridgehead atoms. The molecule has 0 spiro atoms. The summed E-state index contributed by atoms with van der Waals surface area (Å²) in [5.74, 6) is 0.0573. The summed E-state index contributed by atoms with van der Waals surface area (Å²) in [6.07, 6.45) is 6.17. The molecule has 0 aromatic carbocycles. The zero-order valence-corrected chi connectivity index (χ0v) is 10.1. The Balaban J connectivity index is 2.31. The summed E-state index contributed by atoms with van der Waals surface area (Å²) in [6.45, 7) is 4.29. The summed E-state index contributed by atoms with van der Waals surface area (Å²) in [7, 11) is 1.54. The molecule has 0 N–H and O–H groups in total. The molecule has 1 saturated heterocycles. The SMILES string of the molecule is C/C=C\COC1CCCN(C(=O)COC)C1. The summed E-state index contributed by atoms with van der Waals surface area (Å²) in [5, 5.41) is 0. The summed E-state index contributed by atoms with van der Waals surface area (Å²) < 4.78 is 10.5. The summed E-state index contributed by atoms with van der Waals surface area (Å²) >= 11 is 0. The summed E-state index contributed by atoms with van der Waals surface area (Å²) in [5.41, 5.74) is 0. The lowest BCUT2D eigenvalue weighted by molar-refractivity contribution is -0.139. The second-order valence-electron chi connectivity index (χ2n) is 3.94. The predicted molar refractivity (Wildman–Crippen MR) is 62.2 cm³/mol. The third kappa shape index (κ3) is 4.33. The van der Waals surface area contributed by atoms with Gasteiger partial charge in [0.2, 0.25) is 5.91 Å². The van der Waals surface area contributed by atoms with Crippen molar-refractivity contribution in [2.45, 2.75) is 25.9 Å². The van der Waals surface area contributed by atoms with Gasteiger partial charge in [-0.25, -0.2) is 0 Å². The van der Waals surface area contributed by atoms with Gasteiger partial charge in [0.25, 0.3) is 0 Å². The van der Waals surface area contributed by atoms with Crippen molar-refractivity contribution >= 4 is 5.91 Å². The van der Waals surface area contributed by atoms with Crippen molar-refractivity contribution in [2.24, 2.45) is 0 Å². The number of piperidine rings is 1. The maximum Gasteiger partial charge on any atom is 0.248 e. The molecule has 1 aliphatic heterocycles. The molecule has 1 heterocycles. The van der Waals surface area contributed by atoms with Crippen LogP contribution in [-0.2, 0) is 14.3 Å². The fourth-order valence-electron chi connectivity index (χ4n) is 1.80. The van der Waals surface area contributed by atoms with Crippen LogP contribution in [0.2, 0.25) is 0 Å². The van der Waals surface area contributed by atoms with E-state index >= 15 is 0 Å². The fraction of sp³-hybridized carbons (Fsp3) is 0.750. The van der Waals surface area contributed by atoms with Crippen LogP contribution >= 0.6 is 0 Å². The smallest absolute Gasteiger partial charge is 0.248 e. The van der Waals surface area contributed by atoms with E-state index < -0.39 is 0 Å². The average molecular weight is 227 g/mol. The van der Waals surface area contributed by atoms with Crippen LogP contribution in [0, 0.1) is 0 Å². The Bertz CT molecular complexity index is 240. The number of rotatable bonds is 5.